The number of nitrogens with two attached hydrogens (primary N) is 1. The third kappa shape index (κ3) is 5.34. The summed E-state index contributed by atoms with van der Waals surface area (Å²) < 4.78 is 0. The number of hydrogen-bond acceptors (Lipinski definition) is 3. The maximum atomic E-state index is 10.8. The van der Waals surface area contributed by atoms with Crippen molar-refractivity contribution in [3.8, 4) is 0 Å². The van der Waals surface area contributed by atoms with Crippen molar-refractivity contribution >= 4 is 17.8 Å². The lowest BCUT2D eigenvalue weighted by atomic mass is 10.1. The first-order chi connectivity index (χ1) is 9.41. The molecule has 6 nitrogen and oxygen atoms in total. The summed E-state index contributed by atoms with van der Waals surface area (Å²) in [5, 5.41) is 15.6. The molecular weight excluding hydrogens is 262 g/mol. The van der Waals surface area contributed by atoms with E-state index in [4.69, 9.17) is 15.9 Å². The van der Waals surface area contributed by atoms with Gasteiger partial charge in [0, 0.05) is 18.1 Å². The quantitative estimate of drug-likeness (QED) is 0.709. The van der Waals surface area contributed by atoms with Gasteiger partial charge in [-0.05, 0) is 17.9 Å². The van der Waals surface area contributed by atoms with Gasteiger partial charge in [-0.15, -0.1) is 0 Å². The monoisotopic (exact) mass is 277 g/mol. The zero-order valence-electron chi connectivity index (χ0n) is 10.6. The van der Waals surface area contributed by atoms with Gasteiger partial charge in [0.2, 0.25) is 5.91 Å². The van der Waals surface area contributed by atoms with Crippen LogP contribution in [0.25, 0.3) is 0 Å². The Bertz CT molecular complexity index is 508. The van der Waals surface area contributed by atoms with E-state index in [0.717, 1.165) is 6.42 Å². The van der Waals surface area contributed by atoms with Crippen molar-refractivity contribution in [2.24, 2.45) is 11.7 Å². The molecule has 4 N–H and O–H groups in total. The van der Waals surface area contributed by atoms with Crippen molar-refractivity contribution < 1.29 is 24.6 Å². The summed E-state index contributed by atoms with van der Waals surface area (Å²) in [6, 6.07) is 10.1. The summed E-state index contributed by atoms with van der Waals surface area (Å²) in [6.07, 6.45) is 2.05. The lowest BCUT2D eigenvalue weighted by Gasteiger charge is -1.95. The van der Waals surface area contributed by atoms with Crippen LogP contribution in [-0.2, 0) is 14.4 Å². The Balaban J connectivity index is 0.000000221. The summed E-state index contributed by atoms with van der Waals surface area (Å²) in [6.45, 7) is 0. The molecule has 2 rings (SSSR count). The van der Waals surface area contributed by atoms with Gasteiger partial charge in [0.15, 0.2) is 0 Å². The van der Waals surface area contributed by atoms with Crippen molar-refractivity contribution in [2.45, 2.75) is 12.3 Å². The second-order valence-corrected chi connectivity index (χ2v) is 4.27. The number of benzene rings is 1. The third-order valence-electron chi connectivity index (χ3n) is 2.75. The van der Waals surface area contributed by atoms with Crippen molar-refractivity contribution in [2.75, 3.05) is 0 Å². The van der Waals surface area contributed by atoms with Gasteiger partial charge in [0.1, 0.15) is 0 Å². The van der Waals surface area contributed by atoms with Gasteiger partial charge in [-0.3, -0.25) is 4.79 Å². The number of carboxylic acid groups (broad SMARTS) is 2. The summed E-state index contributed by atoms with van der Waals surface area (Å²) in [5.74, 6) is -2.19. The second-order valence-electron chi connectivity index (χ2n) is 4.27. The molecule has 1 aliphatic rings. The minimum absolute atomic E-state index is 0.0902. The largest absolute Gasteiger partial charge is 0.478 e. The predicted molar refractivity (Wildman–Crippen MR) is 70.9 cm³/mol. The molecule has 0 saturated heterocycles. The highest BCUT2D eigenvalue weighted by Crippen LogP contribution is 2.46. The predicted octanol–water partition coefficient (Wildman–Crippen LogP) is 0.987. The second kappa shape index (κ2) is 7.08. The van der Waals surface area contributed by atoms with Gasteiger partial charge in [-0.25, -0.2) is 9.59 Å². The molecule has 1 aromatic carbocycles. The first-order valence-electron chi connectivity index (χ1n) is 5.90. The molecular formula is C14H15NO5. The number of carbonyl (C=O) groups excluding carboxylic acids is 1. The molecule has 106 valence electrons. The van der Waals surface area contributed by atoms with Gasteiger partial charge >= 0.3 is 11.9 Å². The lowest BCUT2D eigenvalue weighted by molar-refractivity contribution is -0.134. The average Bonchev–Trinajstić information content (AvgIpc) is 3.18. The molecule has 0 aromatic heterocycles. The van der Waals surface area contributed by atoms with Crippen LogP contribution >= 0.6 is 0 Å². The van der Waals surface area contributed by atoms with E-state index in [0.29, 0.717) is 18.1 Å². The summed E-state index contributed by atoms with van der Waals surface area (Å²) in [7, 11) is 0. The van der Waals surface area contributed by atoms with E-state index < -0.39 is 11.9 Å². The maximum absolute atomic E-state index is 10.8. The molecule has 20 heavy (non-hydrogen) atoms. The molecule has 0 unspecified atom stereocenters. The molecule has 0 radical (unpaired) electrons. The van der Waals surface area contributed by atoms with Crippen LogP contribution in [0.1, 0.15) is 17.9 Å². The van der Waals surface area contributed by atoms with Gasteiger partial charge in [-0.2, -0.15) is 0 Å². The first-order valence-corrected chi connectivity index (χ1v) is 5.90. The minimum Gasteiger partial charge on any atom is -0.478 e. The topological polar surface area (TPSA) is 118 Å². The Kier molecular flexibility index (Phi) is 5.46. The normalized spacial score (nSPS) is 19.8. The fourth-order valence-electron chi connectivity index (χ4n) is 1.72. The molecule has 1 aromatic rings. The number of amides is 1. The Morgan fingerprint density at radius 2 is 1.55 bits per heavy atom. The lowest BCUT2D eigenvalue weighted by Crippen LogP contribution is -2.13. The van der Waals surface area contributed by atoms with Crippen LogP contribution in [-0.4, -0.2) is 28.1 Å². The van der Waals surface area contributed by atoms with Gasteiger partial charge in [0.05, 0.1) is 0 Å². The van der Waals surface area contributed by atoms with E-state index >= 15 is 0 Å². The van der Waals surface area contributed by atoms with Crippen LogP contribution in [0.2, 0.25) is 0 Å². The highest BCUT2D eigenvalue weighted by Gasteiger charge is 2.42. The van der Waals surface area contributed by atoms with Crippen LogP contribution in [0, 0.1) is 5.92 Å². The van der Waals surface area contributed by atoms with Crippen molar-refractivity contribution in [1.82, 2.24) is 0 Å². The zero-order chi connectivity index (χ0) is 15.1. The van der Waals surface area contributed by atoms with Crippen molar-refractivity contribution in [3.63, 3.8) is 0 Å². The molecule has 0 aliphatic heterocycles. The number of primary amides is 1. The van der Waals surface area contributed by atoms with Crippen molar-refractivity contribution in [3.05, 3.63) is 48.0 Å². The van der Waals surface area contributed by atoms with E-state index in [1.807, 2.05) is 30.3 Å². The van der Waals surface area contributed by atoms with Crippen molar-refractivity contribution in [1.29, 1.82) is 0 Å². The van der Waals surface area contributed by atoms with Crippen LogP contribution in [0.15, 0.2) is 42.5 Å². The molecule has 0 bridgehead atoms. The van der Waals surface area contributed by atoms with Crippen LogP contribution in [0.5, 0.6) is 0 Å². The molecule has 2 atom stereocenters. The summed E-state index contributed by atoms with van der Waals surface area (Å²) in [4.78, 5) is 29.9. The Morgan fingerprint density at radius 1 is 1.05 bits per heavy atom. The summed E-state index contributed by atoms with van der Waals surface area (Å²) >= 11 is 0. The average molecular weight is 277 g/mol. The smallest absolute Gasteiger partial charge is 0.328 e. The maximum Gasteiger partial charge on any atom is 0.328 e. The number of carboxylic acids is 2. The Labute approximate surface area is 115 Å². The first kappa shape index (κ1) is 15.4. The highest BCUT2D eigenvalue weighted by molar-refractivity contribution is 5.89. The van der Waals surface area contributed by atoms with Gasteiger partial charge < -0.3 is 15.9 Å². The minimum atomic E-state index is -1.26. The molecule has 1 aliphatic carbocycles. The number of carbonyl (C=O) groups is 3. The standard InChI is InChI=1S/C10H11NO.C4H4O4/c11-10(12)9-6-8(9)7-4-2-1-3-5-7;5-3(6)1-2-4(7)8/h1-5,8-9H,6H2,(H2,11,12);1-2H,(H,5,6)(H,7,8)/b;2-1-/t8-,9+;/m0./s1. The van der Waals surface area contributed by atoms with E-state index in [9.17, 15) is 14.4 Å². The molecule has 1 amide bonds. The molecule has 1 fully saturated rings. The molecule has 1 saturated carbocycles. The third-order valence-corrected chi connectivity index (χ3v) is 2.75. The summed E-state index contributed by atoms with van der Waals surface area (Å²) in [5.41, 5.74) is 6.42. The molecule has 0 spiro atoms. The van der Waals surface area contributed by atoms with E-state index in [1.165, 1.54) is 5.56 Å². The van der Waals surface area contributed by atoms with Crippen LogP contribution in [0.3, 0.4) is 0 Å². The molecule has 6 heteroatoms. The Morgan fingerprint density at radius 3 is 1.90 bits per heavy atom. The van der Waals surface area contributed by atoms with Crippen LogP contribution in [0.4, 0.5) is 0 Å². The Hall–Kier alpha value is -2.63. The fourth-order valence-corrected chi connectivity index (χ4v) is 1.72. The van der Waals surface area contributed by atoms with Gasteiger partial charge in [-0.1, -0.05) is 30.3 Å². The number of aliphatic carboxylic acids is 2. The highest BCUT2D eigenvalue weighted by atomic mass is 16.4. The van der Waals surface area contributed by atoms with Crippen LogP contribution < -0.4 is 5.73 Å². The van der Waals surface area contributed by atoms with E-state index in [-0.39, 0.29) is 11.8 Å². The number of rotatable bonds is 4. The van der Waals surface area contributed by atoms with Gasteiger partial charge in [0.25, 0.3) is 0 Å². The fraction of sp³-hybridized carbons (Fsp3) is 0.214. The van der Waals surface area contributed by atoms with E-state index in [1.54, 1.807) is 0 Å². The number of hydrogen-bond donors (Lipinski definition) is 3. The SMILES string of the molecule is NC(=O)[C@@H]1C[C@H]1c1ccccc1.O=C(O)/C=C\C(=O)O. The zero-order valence-corrected chi connectivity index (χ0v) is 10.6. The molecule has 0 heterocycles. The van der Waals surface area contributed by atoms with E-state index in [2.05, 4.69) is 0 Å².